The molecule has 1 N–H and O–H groups in total. The van der Waals surface area contributed by atoms with E-state index in [0.717, 1.165) is 11.3 Å². The van der Waals surface area contributed by atoms with E-state index < -0.39 is 6.61 Å². The normalized spacial score (nSPS) is 15.6. The molecule has 1 aromatic heterocycles. The molecule has 5 nitrogen and oxygen atoms in total. The summed E-state index contributed by atoms with van der Waals surface area (Å²) in [4.78, 5) is 16.9. The molecule has 1 aliphatic heterocycles. The monoisotopic (exact) mass is 402 g/mol. The third-order valence-electron chi connectivity index (χ3n) is 4.36. The lowest BCUT2D eigenvalue weighted by atomic mass is 9.96. The van der Waals surface area contributed by atoms with E-state index in [1.807, 2.05) is 24.3 Å². The lowest BCUT2D eigenvalue weighted by Crippen LogP contribution is -2.32. The van der Waals surface area contributed by atoms with Gasteiger partial charge < -0.3 is 14.8 Å². The van der Waals surface area contributed by atoms with Crippen LogP contribution in [0.1, 0.15) is 5.56 Å². The van der Waals surface area contributed by atoms with E-state index in [-0.39, 0.29) is 17.6 Å². The number of nitrogens with zero attached hydrogens (tertiary/aromatic N) is 1. The first-order valence-corrected chi connectivity index (χ1v) is 9.49. The van der Waals surface area contributed by atoms with Crippen LogP contribution in [0.15, 0.2) is 53.9 Å². The molecule has 28 heavy (non-hydrogen) atoms. The number of halogens is 2. The number of ether oxygens (including phenoxy) is 2. The van der Waals surface area contributed by atoms with Gasteiger partial charge in [0.1, 0.15) is 18.1 Å². The van der Waals surface area contributed by atoms with Crippen LogP contribution < -0.4 is 14.8 Å². The zero-order valence-corrected chi connectivity index (χ0v) is 15.4. The van der Waals surface area contributed by atoms with E-state index in [9.17, 15) is 13.6 Å². The summed E-state index contributed by atoms with van der Waals surface area (Å²) in [6.45, 7) is -2.63. The van der Waals surface area contributed by atoms with E-state index in [0.29, 0.717) is 29.4 Å². The fourth-order valence-corrected chi connectivity index (χ4v) is 3.75. The van der Waals surface area contributed by atoms with Crippen LogP contribution in [0.25, 0.3) is 11.3 Å². The molecular formula is C20H16F2N2O3S. The third kappa shape index (κ3) is 3.96. The quantitative estimate of drug-likeness (QED) is 0.678. The minimum Gasteiger partial charge on any atom is -0.492 e. The number of carbonyl (C=O) groups excluding carboxylic acids is 1. The molecule has 2 aromatic carbocycles. The number of aromatic nitrogens is 1. The van der Waals surface area contributed by atoms with Crippen LogP contribution in [0.3, 0.4) is 0 Å². The maximum Gasteiger partial charge on any atom is 0.387 e. The zero-order chi connectivity index (χ0) is 19.5. The van der Waals surface area contributed by atoms with Crippen LogP contribution in [0.4, 0.5) is 13.9 Å². The van der Waals surface area contributed by atoms with Crippen molar-refractivity contribution < 1.29 is 23.0 Å². The van der Waals surface area contributed by atoms with Crippen LogP contribution >= 0.6 is 11.3 Å². The van der Waals surface area contributed by atoms with Gasteiger partial charge in [-0.3, -0.25) is 4.79 Å². The Morgan fingerprint density at radius 3 is 2.86 bits per heavy atom. The van der Waals surface area contributed by atoms with Crippen molar-refractivity contribution in [3.63, 3.8) is 0 Å². The number of benzene rings is 2. The molecule has 0 saturated heterocycles. The summed E-state index contributed by atoms with van der Waals surface area (Å²) in [6.07, 6.45) is 0.589. The molecule has 144 valence electrons. The maximum absolute atomic E-state index is 12.6. The Morgan fingerprint density at radius 1 is 1.21 bits per heavy atom. The summed E-state index contributed by atoms with van der Waals surface area (Å²) in [5.41, 5.74) is 1.89. The van der Waals surface area contributed by atoms with Crippen molar-refractivity contribution in [2.45, 2.75) is 13.0 Å². The molecular weight excluding hydrogens is 386 g/mol. The molecule has 0 saturated carbocycles. The second kappa shape index (κ2) is 7.93. The summed E-state index contributed by atoms with van der Waals surface area (Å²) in [7, 11) is 0. The highest BCUT2D eigenvalue weighted by Crippen LogP contribution is 2.33. The molecule has 1 amide bonds. The summed E-state index contributed by atoms with van der Waals surface area (Å²) >= 11 is 1.22. The highest BCUT2D eigenvalue weighted by Gasteiger charge is 2.26. The summed E-state index contributed by atoms with van der Waals surface area (Å²) in [6, 6.07) is 14.0. The number of hydrogen-bond acceptors (Lipinski definition) is 5. The fraction of sp³-hybridized carbons (Fsp3) is 0.200. The molecule has 1 unspecified atom stereocenters. The predicted molar refractivity (Wildman–Crippen MR) is 102 cm³/mol. The SMILES string of the molecule is O=C(Nc1nc(-c2ccccc2OC(F)F)cs1)C1COc2ccccc2C1. The molecule has 8 heteroatoms. The van der Waals surface area contributed by atoms with E-state index >= 15 is 0 Å². The highest BCUT2D eigenvalue weighted by molar-refractivity contribution is 7.14. The molecule has 3 aromatic rings. The Kier molecular flexibility index (Phi) is 5.21. The van der Waals surface area contributed by atoms with Gasteiger partial charge >= 0.3 is 6.61 Å². The Bertz CT molecular complexity index is 993. The number of alkyl halides is 2. The number of nitrogens with one attached hydrogen (secondary N) is 1. The first-order chi connectivity index (χ1) is 13.6. The number of carbonyl (C=O) groups is 1. The largest absolute Gasteiger partial charge is 0.492 e. The molecule has 4 rings (SSSR count). The summed E-state index contributed by atoms with van der Waals surface area (Å²) < 4.78 is 35.4. The van der Waals surface area contributed by atoms with Crippen LogP contribution in [0.2, 0.25) is 0 Å². The Morgan fingerprint density at radius 2 is 2.00 bits per heavy atom. The van der Waals surface area contributed by atoms with E-state index in [1.54, 1.807) is 23.6 Å². The lowest BCUT2D eigenvalue weighted by molar-refractivity contribution is -0.121. The average molecular weight is 402 g/mol. The van der Waals surface area contributed by atoms with Gasteiger partial charge in [-0.15, -0.1) is 11.3 Å². The van der Waals surface area contributed by atoms with Gasteiger partial charge in [0, 0.05) is 10.9 Å². The molecule has 0 radical (unpaired) electrons. The molecule has 0 aliphatic carbocycles. The maximum atomic E-state index is 12.6. The standard InChI is InChI=1S/C20H16F2N2O3S/c21-19(22)27-17-8-4-2-6-14(17)15-11-28-20(23-15)24-18(25)13-9-12-5-1-3-7-16(12)26-10-13/h1-8,11,13,19H,9-10H2,(H,23,24,25). The fourth-order valence-electron chi connectivity index (χ4n) is 3.04. The van der Waals surface area contributed by atoms with Gasteiger partial charge in [0.2, 0.25) is 5.91 Å². The molecule has 2 heterocycles. The number of hydrogen-bond donors (Lipinski definition) is 1. The lowest BCUT2D eigenvalue weighted by Gasteiger charge is -2.24. The third-order valence-corrected chi connectivity index (χ3v) is 5.12. The van der Waals surface area contributed by atoms with E-state index in [2.05, 4.69) is 15.0 Å². The van der Waals surface area contributed by atoms with Crippen molar-refractivity contribution in [1.82, 2.24) is 4.98 Å². The predicted octanol–water partition coefficient (Wildman–Crippen LogP) is 4.60. The van der Waals surface area contributed by atoms with Gasteiger partial charge in [0.25, 0.3) is 0 Å². The molecule has 0 bridgehead atoms. The number of thiazole rings is 1. The first kappa shape index (κ1) is 18.4. The summed E-state index contributed by atoms with van der Waals surface area (Å²) in [5, 5.41) is 4.88. The Labute approximate surface area is 163 Å². The van der Waals surface area contributed by atoms with Crippen molar-refractivity contribution >= 4 is 22.4 Å². The minimum absolute atomic E-state index is 0.0398. The van der Waals surface area contributed by atoms with Crippen LogP contribution in [-0.2, 0) is 11.2 Å². The van der Waals surface area contributed by atoms with Crippen LogP contribution in [0, 0.1) is 5.92 Å². The first-order valence-electron chi connectivity index (χ1n) is 8.61. The van der Waals surface area contributed by atoms with Gasteiger partial charge in [0.05, 0.1) is 11.6 Å². The zero-order valence-electron chi connectivity index (χ0n) is 14.6. The average Bonchev–Trinajstić information content (AvgIpc) is 3.15. The Hall–Kier alpha value is -3.00. The van der Waals surface area contributed by atoms with Gasteiger partial charge in [-0.1, -0.05) is 30.3 Å². The molecule has 0 fully saturated rings. The van der Waals surface area contributed by atoms with E-state index in [4.69, 9.17) is 4.74 Å². The van der Waals surface area contributed by atoms with Crippen molar-refractivity contribution in [3.8, 4) is 22.8 Å². The Balaban J connectivity index is 1.47. The number of para-hydroxylation sites is 2. The number of rotatable bonds is 5. The molecule has 1 aliphatic rings. The van der Waals surface area contributed by atoms with Gasteiger partial charge in [-0.05, 0) is 30.2 Å². The highest BCUT2D eigenvalue weighted by atomic mass is 32.1. The molecule has 1 atom stereocenters. The van der Waals surface area contributed by atoms with Crippen molar-refractivity contribution in [3.05, 3.63) is 59.5 Å². The number of anilines is 1. The van der Waals surface area contributed by atoms with Crippen molar-refractivity contribution in [1.29, 1.82) is 0 Å². The van der Waals surface area contributed by atoms with Gasteiger partial charge in [-0.25, -0.2) is 4.98 Å². The molecule has 0 spiro atoms. The second-order valence-corrected chi connectivity index (χ2v) is 7.08. The van der Waals surface area contributed by atoms with Gasteiger partial charge in [0.15, 0.2) is 5.13 Å². The van der Waals surface area contributed by atoms with Gasteiger partial charge in [-0.2, -0.15) is 8.78 Å². The number of amides is 1. The summed E-state index contributed by atoms with van der Waals surface area (Å²) in [5.74, 6) is 0.334. The van der Waals surface area contributed by atoms with Crippen molar-refractivity contribution in [2.24, 2.45) is 5.92 Å². The van der Waals surface area contributed by atoms with Crippen molar-refractivity contribution in [2.75, 3.05) is 11.9 Å². The second-order valence-electron chi connectivity index (χ2n) is 6.22. The minimum atomic E-state index is -2.92. The smallest absolute Gasteiger partial charge is 0.387 e. The topological polar surface area (TPSA) is 60.5 Å². The van der Waals surface area contributed by atoms with E-state index in [1.165, 1.54) is 17.4 Å². The number of fused-ring (bicyclic) bond motifs is 1. The van der Waals surface area contributed by atoms with Crippen LogP contribution in [-0.4, -0.2) is 24.1 Å². The van der Waals surface area contributed by atoms with Crippen LogP contribution in [0.5, 0.6) is 11.5 Å².